The molecule has 1 saturated carbocycles. The summed E-state index contributed by atoms with van der Waals surface area (Å²) < 4.78 is 28.6. The molecule has 2 aromatic carbocycles. The minimum Gasteiger partial charge on any atom is -0.497 e. The Morgan fingerprint density at radius 3 is 2.47 bits per heavy atom. The number of nitrogens with zero attached hydrogens (tertiary/aromatic N) is 2. The van der Waals surface area contributed by atoms with Gasteiger partial charge in [-0.2, -0.15) is 0 Å². The Morgan fingerprint density at radius 1 is 1.07 bits per heavy atom. The van der Waals surface area contributed by atoms with Gasteiger partial charge in [0, 0.05) is 42.5 Å². The average molecular weight is 621 g/mol. The van der Waals surface area contributed by atoms with Gasteiger partial charge in [0.2, 0.25) is 0 Å². The van der Waals surface area contributed by atoms with Crippen LogP contribution < -0.4 is 26.4 Å². The number of benzene rings is 2. The Labute approximate surface area is 266 Å². The summed E-state index contributed by atoms with van der Waals surface area (Å²) in [6.45, 7) is 4.46. The molecule has 1 fully saturated rings. The van der Waals surface area contributed by atoms with E-state index in [0.717, 1.165) is 55.0 Å². The van der Waals surface area contributed by atoms with E-state index in [4.69, 9.17) is 20.2 Å². The summed E-state index contributed by atoms with van der Waals surface area (Å²) in [5.74, 6) is 0.884. The van der Waals surface area contributed by atoms with Gasteiger partial charge in [-0.25, -0.2) is 9.37 Å². The van der Waals surface area contributed by atoms with Gasteiger partial charge >= 0.3 is 0 Å². The van der Waals surface area contributed by atoms with Gasteiger partial charge in [0.05, 0.1) is 37.8 Å². The van der Waals surface area contributed by atoms with Crippen molar-refractivity contribution in [2.75, 3.05) is 45.3 Å². The topological polar surface area (TPSA) is 115 Å². The fraction of sp³-hybridized carbons (Fsp3) is 0.543. The number of nitrogens with two attached hydrogens (primary N) is 1. The predicted octanol–water partition coefficient (Wildman–Crippen LogP) is 6.04. The molecule has 5 rings (SSSR count). The number of ether oxygens (including phenoxy) is 2. The molecule has 1 aliphatic heterocycles. The quantitative estimate of drug-likeness (QED) is 0.205. The van der Waals surface area contributed by atoms with Crippen LogP contribution in [0.1, 0.15) is 92.1 Å². The van der Waals surface area contributed by atoms with Crippen LogP contribution in [-0.2, 0) is 10.3 Å². The van der Waals surface area contributed by atoms with E-state index in [-0.39, 0.29) is 23.4 Å². The number of halogens is 1. The van der Waals surface area contributed by atoms with Gasteiger partial charge in [-0.1, -0.05) is 51.4 Å². The molecule has 10 heteroatoms. The molecular weight excluding hydrogens is 571 g/mol. The van der Waals surface area contributed by atoms with E-state index in [9.17, 15) is 4.79 Å². The molecule has 244 valence electrons. The van der Waals surface area contributed by atoms with E-state index in [0.29, 0.717) is 43.2 Å². The zero-order valence-corrected chi connectivity index (χ0v) is 26.8. The number of aromatic nitrogens is 2. The first-order valence-electron chi connectivity index (χ1n) is 16.5. The van der Waals surface area contributed by atoms with Crippen molar-refractivity contribution in [2.45, 2.75) is 82.8 Å². The van der Waals surface area contributed by atoms with Crippen LogP contribution >= 0.6 is 0 Å². The summed E-state index contributed by atoms with van der Waals surface area (Å²) in [6.07, 6.45) is 13.4. The van der Waals surface area contributed by atoms with Crippen LogP contribution in [0.3, 0.4) is 0 Å². The maximum atomic E-state index is 15.6. The molecule has 45 heavy (non-hydrogen) atoms. The number of nitrogens with one attached hydrogen (secondary N) is 3. The highest BCUT2D eigenvalue weighted by Crippen LogP contribution is 2.42. The number of aryl methyl sites for hydroxylation is 1. The number of amides is 1. The highest BCUT2D eigenvalue weighted by atomic mass is 19.1. The Hall–Kier alpha value is -3.47. The van der Waals surface area contributed by atoms with E-state index in [1.807, 2.05) is 37.4 Å². The maximum Gasteiger partial charge on any atom is 0.251 e. The highest BCUT2D eigenvalue weighted by Gasteiger charge is 2.41. The number of anilines is 1. The van der Waals surface area contributed by atoms with Crippen LogP contribution in [0.15, 0.2) is 42.6 Å². The number of methoxy groups -OCH3 is 1. The second-order valence-electron chi connectivity index (χ2n) is 12.4. The second-order valence-corrected chi connectivity index (χ2v) is 12.4. The largest absolute Gasteiger partial charge is 0.497 e. The number of imidazole rings is 1. The number of rotatable bonds is 10. The Bertz CT molecular complexity index is 1410. The zero-order chi connectivity index (χ0) is 31.6. The van der Waals surface area contributed by atoms with Crippen LogP contribution in [0.5, 0.6) is 5.75 Å². The normalized spacial score (nSPS) is 18.5. The second kappa shape index (κ2) is 15.7. The first-order chi connectivity index (χ1) is 22.0. The molecule has 0 radical (unpaired) electrons. The number of hydrogen-bond donors (Lipinski definition) is 4. The lowest BCUT2D eigenvalue weighted by Gasteiger charge is -2.44. The molecule has 9 nitrogen and oxygen atoms in total. The fourth-order valence-corrected chi connectivity index (χ4v) is 6.85. The highest BCUT2D eigenvalue weighted by molar-refractivity contribution is 5.96. The SMILES string of the molecule is COc1ccc(-c2cnc3n2C2(CCCCCCCCCC2)CNC3Nc2ccc(C(=O)NCCOCCN)c(C)c2)c(F)c1. The van der Waals surface area contributed by atoms with Gasteiger partial charge in [0.1, 0.15) is 23.6 Å². The fourth-order valence-electron chi connectivity index (χ4n) is 6.85. The van der Waals surface area contributed by atoms with Crippen molar-refractivity contribution in [1.82, 2.24) is 20.2 Å². The molecule has 3 aromatic rings. The smallest absolute Gasteiger partial charge is 0.251 e. The molecule has 0 bridgehead atoms. The number of carbonyl (C=O) groups excluding carboxylic acids is 1. The van der Waals surface area contributed by atoms with Gasteiger partial charge in [0.25, 0.3) is 5.91 Å². The van der Waals surface area contributed by atoms with Crippen LogP contribution in [-0.4, -0.2) is 55.4 Å². The first kappa shape index (κ1) is 32.9. The molecule has 1 atom stereocenters. The van der Waals surface area contributed by atoms with Crippen molar-refractivity contribution >= 4 is 11.6 Å². The molecule has 1 spiro atoms. The molecule has 1 unspecified atom stereocenters. The maximum absolute atomic E-state index is 15.6. The third-order valence-corrected chi connectivity index (χ3v) is 9.22. The van der Waals surface area contributed by atoms with Crippen LogP contribution in [0.4, 0.5) is 10.1 Å². The third-order valence-electron chi connectivity index (χ3n) is 9.22. The van der Waals surface area contributed by atoms with E-state index in [1.165, 1.54) is 44.6 Å². The van der Waals surface area contributed by atoms with Crippen molar-refractivity contribution in [2.24, 2.45) is 5.73 Å². The van der Waals surface area contributed by atoms with E-state index in [1.54, 1.807) is 13.2 Å². The van der Waals surface area contributed by atoms with Crippen molar-refractivity contribution in [3.63, 3.8) is 0 Å². The van der Waals surface area contributed by atoms with Gasteiger partial charge in [-0.3, -0.25) is 10.1 Å². The van der Waals surface area contributed by atoms with Gasteiger partial charge in [-0.15, -0.1) is 0 Å². The van der Waals surface area contributed by atoms with Crippen molar-refractivity contribution in [1.29, 1.82) is 0 Å². The van der Waals surface area contributed by atoms with Crippen LogP contribution in [0, 0.1) is 12.7 Å². The van der Waals surface area contributed by atoms with E-state index < -0.39 is 0 Å². The molecule has 1 amide bonds. The summed E-state index contributed by atoms with van der Waals surface area (Å²) in [6, 6.07) is 10.8. The van der Waals surface area contributed by atoms with E-state index >= 15 is 4.39 Å². The van der Waals surface area contributed by atoms with Crippen LogP contribution in [0.25, 0.3) is 11.3 Å². The van der Waals surface area contributed by atoms with Gasteiger partial charge in [-0.05, 0) is 55.7 Å². The Kier molecular flexibility index (Phi) is 11.5. The minimum atomic E-state index is -0.317. The lowest BCUT2D eigenvalue weighted by Crippen LogP contribution is -2.52. The van der Waals surface area contributed by atoms with Crippen molar-refractivity contribution in [3.8, 4) is 17.0 Å². The molecular formula is C35H49FN6O3. The molecule has 0 saturated heterocycles. The van der Waals surface area contributed by atoms with Gasteiger partial charge in [0.15, 0.2) is 0 Å². The van der Waals surface area contributed by atoms with Gasteiger partial charge < -0.3 is 30.4 Å². The van der Waals surface area contributed by atoms with E-state index in [2.05, 4.69) is 20.5 Å². The summed E-state index contributed by atoms with van der Waals surface area (Å²) in [5.41, 5.74) is 8.92. The summed E-state index contributed by atoms with van der Waals surface area (Å²) in [5, 5.41) is 10.3. The summed E-state index contributed by atoms with van der Waals surface area (Å²) in [4.78, 5) is 17.7. The summed E-state index contributed by atoms with van der Waals surface area (Å²) in [7, 11) is 1.55. The van der Waals surface area contributed by atoms with Crippen molar-refractivity contribution in [3.05, 3.63) is 65.4 Å². The summed E-state index contributed by atoms with van der Waals surface area (Å²) >= 11 is 0. The monoisotopic (exact) mass is 620 g/mol. The standard InChI is InChI=1S/C35H49FN6O3/c1-25-21-26(11-13-28(25)34(43)38-18-20-45-19-17-37)41-32-33-39-23-31(29-14-12-27(44-2)22-30(29)36)42(33)35(24-40-32)15-9-7-5-3-4-6-8-10-16-35/h11-14,21-23,32,40-41H,3-10,15-20,24,37H2,1-2H3,(H,38,43). The molecule has 5 N–H and O–H groups in total. The lowest BCUT2D eigenvalue weighted by molar-refractivity contribution is 0.0919. The van der Waals surface area contributed by atoms with Crippen molar-refractivity contribution < 1.29 is 18.7 Å². The minimum absolute atomic E-state index is 0.137. The predicted molar refractivity (Wildman–Crippen MR) is 176 cm³/mol. The lowest BCUT2D eigenvalue weighted by atomic mass is 9.84. The third kappa shape index (κ3) is 7.85. The Balaban J connectivity index is 1.43. The number of carbonyl (C=O) groups is 1. The molecule has 2 aliphatic rings. The molecule has 1 aliphatic carbocycles. The average Bonchev–Trinajstić information content (AvgIpc) is 3.47. The zero-order valence-electron chi connectivity index (χ0n) is 26.8. The number of fused-ring (bicyclic) bond motifs is 2. The van der Waals surface area contributed by atoms with Crippen LogP contribution in [0.2, 0.25) is 0 Å². The first-order valence-corrected chi connectivity index (χ1v) is 16.5. The Morgan fingerprint density at radius 2 is 1.80 bits per heavy atom. The molecule has 2 heterocycles. The molecule has 1 aromatic heterocycles. The number of hydrogen-bond acceptors (Lipinski definition) is 7.